The van der Waals surface area contributed by atoms with E-state index in [2.05, 4.69) is 29.0 Å². The van der Waals surface area contributed by atoms with E-state index in [1.54, 1.807) is 0 Å². The number of H-pyrrole nitrogens is 1. The van der Waals surface area contributed by atoms with Crippen LogP contribution in [0.3, 0.4) is 0 Å². The maximum absolute atomic E-state index is 4.59. The fourth-order valence-electron chi connectivity index (χ4n) is 2.92. The lowest BCUT2D eigenvalue weighted by Gasteiger charge is -1.97. The Morgan fingerprint density at radius 2 is 2.00 bits per heavy atom. The minimum absolute atomic E-state index is 0.443. The van der Waals surface area contributed by atoms with E-state index in [-0.39, 0.29) is 0 Å². The van der Waals surface area contributed by atoms with Crippen LogP contribution < -0.4 is 0 Å². The highest BCUT2D eigenvalue weighted by Crippen LogP contribution is 2.62. The number of hydrogen-bond donors (Lipinski definition) is 1. The number of nitrogens with zero attached hydrogens (tertiary/aromatic N) is 2. The molecule has 0 saturated heterocycles. The molecule has 1 heterocycles. The molecule has 2 unspecified atom stereocenters. The van der Waals surface area contributed by atoms with Crippen molar-refractivity contribution in [2.75, 3.05) is 0 Å². The van der Waals surface area contributed by atoms with E-state index in [4.69, 9.17) is 0 Å². The SMILES string of the molecule is CC(C)c1n[nH]c(C2C3CCCC32)n1. The second-order valence-corrected chi connectivity index (χ2v) is 5.02. The summed E-state index contributed by atoms with van der Waals surface area (Å²) in [6.07, 6.45) is 4.25. The van der Waals surface area contributed by atoms with Crippen molar-refractivity contribution < 1.29 is 0 Å². The second-order valence-electron chi connectivity index (χ2n) is 5.02. The van der Waals surface area contributed by atoms with Crippen molar-refractivity contribution in [3.63, 3.8) is 0 Å². The fourth-order valence-corrected chi connectivity index (χ4v) is 2.92. The van der Waals surface area contributed by atoms with E-state index < -0.39 is 0 Å². The molecule has 1 aromatic heterocycles. The monoisotopic (exact) mass is 191 g/mol. The van der Waals surface area contributed by atoms with Gasteiger partial charge in [0.1, 0.15) is 5.82 Å². The summed E-state index contributed by atoms with van der Waals surface area (Å²) in [7, 11) is 0. The van der Waals surface area contributed by atoms with Gasteiger partial charge in [0.15, 0.2) is 5.82 Å². The Labute approximate surface area is 84.3 Å². The molecule has 2 atom stereocenters. The molecule has 0 aromatic carbocycles. The van der Waals surface area contributed by atoms with E-state index in [0.717, 1.165) is 29.4 Å². The van der Waals surface area contributed by atoms with Gasteiger partial charge in [-0.3, -0.25) is 5.10 Å². The number of nitrogens with one attached hydrogen (secondary N) is 1. The molecule has 3 rings (SSSR count). The molecule has 2 aliphatic rings. The molecule has 0 radical (unpaired) electrons. The molecule has 1 aromatic rings. The summed E-state index contributed by atoms with van der Waals surface area (Å²) in [6, 6.07) is 0. The summed E-state index contributed by atoms with van der Waals surface area (Å²) >= 11 is 0. The highest BCUT2D eigenvalue weighted by molar-refractivity contribution is 5.18. The van der Waals surface area contributed by atoms with Gasteiger partial charge in [-0.25, -0.2) is 4.98 Å². The van der Waals surface area contributed by atoms with Crippen molar-refractivity contribution in [2.24, 2.45) is 11.8 Å². The van der Waals surface area contributed by atoms with Gasteiger partial charge in [0.25, 0.3) is 0 Å². The topological polar surface area (TPSA) is 41.6 Å². The Balaban J connectivity index is 1.78. The highest BCUT2D eigenvalue weighted by atomic mass is 15.2. The molecule has 0 amide bonds. The smallest absolute Gasteiger partial charge is 0.153 e. The van der Waals surface area contributed by atoms with Crippen LogP contribution in [-0.4, -0.2) is 15.2 Å². The van der Waals surface area contributed by atoms with Crippen LogP contribution in [0.1, 0.15) is 56.6 Å². The third-order valence-electron chi connectivity index (χ3n) is 3.76. The van der Waals surface area contributed by atoms with Crippen LogP contribution in [0.25, 0.3) is 0 Å². The first-order chi connectivity index (χ1) is 6.77. The van der Waals surface area contributed by atoms with Gasteiger partial charge in [-0.05, 0) is 24.7 Å². The fraction of sp³-hybridized carbons (Fsp3) is 0.818. The minimum atomic E-state index is 0.443. The third kappa shape index (κ3) is 1.11. The summed E-state index contributed by atoms with van der Waals surface area (Å²) in [6.45, 7) is 4.28. The van der Waals surface area contributed by atoms with Crippen molar-refractivity contribution in [3.05, 3.63) is 11.6 Å². The van der Waals surface area contributed by atoms with Crippen LogP contribution in [-0.2, 0) is 0 Å². The Hall–Kier alpha value is -0.860. The molecule has 76 valence electrons. The zero-order valence-electron chi connectivity index (χ0n) is 8.83. The normalized spacial score (nSPS) is 34.9. The molecule has 3 heteroatoms. The molecular formula is C11H17N3. The second kappa shape index (κ2) is 2.81. The molecule has 2 aliphatic carbocycles. The first-order valence-electron chi connectivity index (χ1n) is 5.69. The number of hydrogen-bond acceptors (Lipinski definition) is 2. The summed E-state index contributed by atoms with van der Waals surface area (Å²) in [5.74, 6) is 5.17. The van der Waals surface area contributed by atoms with Gasteiger partial charge < -0.3 is 0 Å². The predicted octanol–water partition coefficient (Wildman–Crippen LogP) is 2.44. The molecule has 3 nitrogen and oxygen atoms in total. The van der Waals surface area contributed by atoms with Gasteiger partial charge in [0.05, 0.1) is 0 Å². The lowest BCUT2D eigenvalue weighted by Crippen LogP contribution is -1.92. The summed E-state index contributed by atoms with van der Waals surface area (Å²) in [4.78, 5) is 4.59. The Kier molecular flexibility index (Phi) is 1.70. The number of fused-ring (bicyclic) bond motifs is 1. The lowest BCUT2D eigenvalue weighted by molar-refractivity contribution is 0.659. The van der Waals surface area contributed by atoms with Gasteiger partial charge >= 0.3 is 0 Å². The molecule has 2 fully saturated rings. The quantitative estimate of drug-likeness (QED) is 0.780. The van der Waals surface area contributed by atoms with E-state index in [1.165, 1.54) is 19.3 Å². The molecule has 0 aliphatic heterocycles. The van der Waals surface area contributed by atoms with E-state index in [0.29, 0.717) is 5.92 Å². The van der Waals surface area contributed by atoms with Gasteiger partial charge in [0, 0.05) is 11.8 Å². The Morgan fingerprint density at radius 3 is 2.57 bits per heavy atom. The van der Waals surface area contributed by atoms with Crippen molar-refractivity contribution in [2.45, 2.75) is 44.9 Å². The van der Waals surface area contributed by atoms with Crippen LogP contribution in [0, 0.1) is 11.8 Å². The zero-order chi connectivity index (χ0) is 9.71. The third-order valence-corrected chi connectivity index (χ3v) is 3.76. The van der Waals surface area contributed by atoms with Gasteiger partial charge in [0.2, 0.25) is 0 Å². The molecule has 14 heavy (non-hydrogen) atoms. The first kappa shape index (κ1) is 8.45. The van der Waals surface area contributed by atoms with Crippen molar-refractivity contribution in [1.82, 2.24) is 15.2 Å². The Morgan fingerprint density at radius 1 is 1.29 bits per heavy atom. The average molecular weight is 191 g/mol. The van der Waals surface area contributed by atoms with Crippen LogP contribution in [0.5, 0.6) is 0 Å². The van der Waals surface area contributed by atoms with E-state index >= 15 is 0 Å². The number of rotatable bonds is 2. The predicted molar refractivity (Wildman–Crippen MR) is 54.0 cm³/mol. The van der Waals surface area contributed by atoms with Crippen LogP contribution >= 0.6 is 0 Å². The van der Waals surface area contributed by atoms with E-state index in [9.17, 15) is 0 Å². The summed E-state index contributed by atoms with van der Waals surface area (Å²) < 4.78 is 0. The van der Waals surface area contributed by atoms with E-state index in [1.807, 2.05) is 0 Å². The first-order valence-corrected chi connectivity index (χ1v) is 5.69. The van der Waals surface area contributed by atoms with Crippen LogP contribution in [0.15, 0.2) is 0 Å². The maximum Gasteiger partial charge on any atom is 0.153 e. The van der Waals surface area contributed by atoms with Crippen molar-refractivity contribution in [1.29, 1.82) is 0 Å². The minimum Gasteiger partial charge on any atom is -0.263 e. The van der Waals surface area contributed by atoms with Crippen LogP contribution in [0.2, 0.25) is 0 Å². The average Bonchev–Trinajstić information content (AvgIpc) is 2.63. The lowest BCUT2D eigenvalue weighted by atomic mass is 10.1. The van der Waals surface area contributed by atoms with Gasteiger partial charge in [-0.1, -0.05) is 20.3 Å². The largest absolute Gasteiger partial charge is 0.263 e. The zero-order valence-corrected chi connectivity index (χ0v) is 8.83. The van der Waals surface area contributed by atoms with Gasteiger partial charge in [-0.2, -0.15) is 5.10 Å². The standard InChI is InChI=1S/C11H17N3/c1-6(2)10-12-11(14-13-10)9-7-4-3-5-8(7)9/h6-9H,3-5H2,1-2H3,(H,12,13,14). The van der Waals surface area contributed by atoms with Crippen molar-refractivity contribution >= 4 is 0 Å². The molecule has 1 N–H and O–H groups in total. The number of aromatic amines is 1. The maximum atomic E-state index is 4.59. The Bertz CT molecular complexity index is 332. The van der Waals surface area contributed by atoms with Crippen molar-refractivity contribution in [3.8, 4) is 0 Å². The highest BCUT2D eigenvalue weighted by Gasteiger charge is 2.54. The molecule has 0 spiro atoms. The molecule has 2 saturated carbocycles. The number of aromatic nitrogens is 3. The van der Waals surface area contributed by atoms with Crippen LogP contribution in [0.4, 0.5) is 0 Å². The summed E-state index contributed by atoms with van der Waals surface area (Å²) in [5.41, 5.74) is 0. The van der Waals surface area contributed by atoms with Gasteiger partial charge in [-0.15, -0.1) is 0 Å². The molecular weight excluding hydrogens is 174 g/mol. The summed E-state index contributed by atoms with van der Waals surface area (Å²) in [5, 5.41) is 7.38. The molecule has 0 bridgehead atoms.